The first-order chi connectivity index (χ1) is 21.0. The number of carbonyl (C=O) groups is 2. The molecule has 0 aromatic rings. The average molecular weight is 712 g/mol. The monoisotopic (exact) mass is 712 g/mol. The van der Waals surface area contributed by atoms with Crippen molar-refractivity contribution in [2.75, 3.05) is 0 Å². The van der Waals surface area contributed by atoms with Gasteiger partial charge in [-0.25, -0.2) is 0 Å². The van der Waals surface area contributed by atoms with Gasteiger partial charge in [0.2, 0.25) is 0 Å². The zero-order valence-electron chi connectivity index (χ0n) is 29.3. The summed E-state index contributed by atoms with van der Waals surface area (Å²) in [7, 11) is 0. The SMILES string of the molecule is CCCCCCCCCCCCC/C(C(=O)[O-])=C(\CCCCCCCCCCCCC)C(=O)[O-].CCC[CH2][Sn+2][CH2]CCC. The molecule has 0 aliphatic rings. The first-order valence-corrected chi connectivity index (χ1v) is 22.8. The number of hydrogen-bond acceptors (Lipinski definition) is 4. The number of carboxylic acids is 2. The summed E-state index contributed by atoms with van der Waals surface area (Å²) >= 11 is 0.149. The Kier molecular flexibility index (Phi) is 39.1. The Hall–Kier alpha value is -0.521. The number of hydrogen-bond donors (Lipinski definition) is 0. The van der Waals surface area contributed by atoms with E-state index in [1.165, 1.54) is 128 Å². The van der Waals surface area contributed by atoms with Gasteiger partial charge in [-0.05, 0) is 36.8 Å². The second-order valence-electron chi connectivity index (χ2n) is 12.6. The summed E-state index contributed by atoms with van der Waals surface area (Å²) in [6.07, 6.45) is 32.4. The predicted octanol–water partition coefficient (Wildman–Crippen LogP) is 10.3. The topological polar surface area (TPSA) is 80.3 Å². The van der Waals surface area contributed by atoms with Gasteiger partial charge in [0, 0.05) is 0 Å². The van der Waals surface area contributed by atoms with Crippen LogP contribution in [0.2, 0.25) is 8.87 Å². The molecule has 0 saturated carbocycles. The van der Waals surface area contributed by atoms with Crippen LogP contribution < -0.4 is 10.2 Å². The summed E-state index contributed by atoms with van der Waals surface area (Å²) in [5.74, 6) is -2.68. The van der Waals surface area contributed by atoms with Gasteiger partial charge in [0.15, 0.2) is 0 Å². The van der Waals surface area contributed by atoms with Crippen LogP contribution in [0.25, 0.3) is 0 Å². The molecule has 0 unspecified atom stereocenters. The van der Waals surface area contributed by atoms with Crippen molar-refractivity contribution in [1.29, 1.82) is 0 Å². The molecule has 0 amide bonds. The van der Waals surface area contributed by atoms with Crippen molar-refractivity contribution in [2.24, 2.45) is 0 Å². The van der Waals surface area contributed by atoms with Crippen LogP contribution in [0.3, 0.4) is 0 Å². The average Bonchev–Trinajstić information content (AvgIpc) is 2.99. The van der Waals surface area contributed by atoms with Crippen molar-refractivity contribution in [3.8, 4) is 0 Å². The summed E-state index contributed by atoms with van der Waals surface area (Å²) in [6.45, 7) is 9.05. The Bertz CT molecular complexity index is 579. The molecule has 0 aliphatic heterocycles. The number of carbonyl (C=O) groups excluding carboxylic acids is 2. The molecule has 43 heavy (non-hydrogen) atoms. The minimum atomic E-state index is -1.34. The molecule has 4 nitrogen and oxygen atoms in total. The zero-order chi connectivity index (χ0) is 32.2. The first-order valence-electron chi connectivity index (χ1n) is 18.8. The van der Waals surface area contributed by atoms with Gasteiger partial charge in [0.1, 0.15) is 0 Å². The summed E-state index contributed by atoms with van der Waals surface area (Å²) in [5.41, 5.74) is -0.0778. The summed E-state index contributed by atoms with van der Waals surface area (Å²) in [5, 5.41) is 23.2. The Morgan fingerprint density at radius 2 is 0.605 bits per heavy atom. The molecule has 5 heteroatoms. The van der Waals surface area contributed by atoms with E-state index in [1.54, 1.807) is 8.87 Å². The third kappa shape index (κ3) is 34.2. The fourth-order valence-electron chi connectivity index (χ4n) is 5.41. The van der Waals surface area contributed by atoms with Crippen molar-refractivity contribution in [3.63, 3.8) is 0 Å². The van der Waals surface area contributed by atoms with Crippen LogP contribution in [0.5, 0.6) is 0 Å². The maximum atomic E-state index is 11.6. The van der Waals surface area contributed by atoms with E-state index in [0.29, 0.717) is 12.8 Å². The van der Waals surface area contributed by atoms with Crippen LogP contribution in [0.1, 0.15) is 207 Å². The quantitative estimate of drug-likeness (QED) is 0.0395. The molecule has 0 radical (unpaired) electrons. The molecule has 0 heterocycles. The first kappa shape index (κ1) is 44.6. The number of rotatable bonds is 32. The van der Waals surface area contributed by atoms with Crippen molar-refractivity contribution >= 4 is 33.1 Å². The van der Waals surface area contributed by atoms with Gasteiger partial charge in [0.05, 0.1) is 11.9 Å². The third-order valence-electron chi connectivity index (χ3n) is 8.33. The van der Waals surface area contributed by atoms with E-state index in [9.17, 15) is 19.8 Å². The molecule has 252 valence electrons. The molecule has 0 bridgehead atoms. The zero-order valence-corrected chi connectivity index (χ0v) is 32.2. The van der Waals surface area contributed by atoms with E-state index in [4.69, 9.17) is 0 Å². The Morgan fingerprint density at radius 3 is 0.837 bits per heavy atom. The van der Waals surface area contributed by atoms with Crippen molar-refractivity contribution in [3.05, 3.63) is 11.1 Å². The summed E-state index contributed by atoms with van der Waals surface area (Å²) < 4.78 is 3.25. The van der Waals surface area contributed by atoms with E-state index >= 15 is 0 Å². The standard InChI is InChI=1S/C30H56O4.2C4H9.Sn/c1-3-5-7-9-11-13-15-17-19-21-23-25-27(29(31)32)28(30(33)34)26-24-22-20-18-16-14-12-10-8-6-4-2;2*1-3-4-2;/h3-26H2,1-2H3,(H,31,32)(H,33,34);2*1,3-4H2,2H3;/q;;;+2/p-2/b28-27-;;;. The Morgan fingerprint density at radius 1 is 0.372 bits per heavy atom. The fourth-order valence-corrected chi connectivity index (χ4v) is 9.57. The molecular weight excluding hydrogens is 639 g/mol. The molecule has 0 N–H and O–H groups in total. The van der Waals surface area contributed by atoms with Crippen LogP contribution in [0.15, 0.2) is 11.1 Å². The third-order valence-corrected chi connectivity index (χ3v) is 12.4. The predicted molar refractivity (Wildman–Crippen MR) is 184 cm³/mol. The van der Waals surface area contributed by atoms with E-state index in [1.807, 2.05) is 0 Å². The molecule has 0 saturated heterocycles. The Balaban J connectivity index is 0. The molecular formula is C38H72O4Sn. The van der Waals surface area contributed by atoms with Crippen LogP contribution in [0.4, 0.5) is 0 Å². The van der Waals surface area contributed by atoms with E-state index < -0.39 is 11.9 Å². The normalized spacial score (nSPS) is 11.4. The number of unbranched alkanes of at least 4 members (excludes halogenated alkanes) is 22. The van der Waals surface area contributed by atoms with Crippen molar-refractivity contribution in [2.45, 2.75) is 216 Å². The van der Waals surface area contributed by atoms with Crippen LogP contribution in [0, 0.1) is 0 Å². The van der Waals surface area contributed by atoms with Crippen molar-refractivity contribution < 1.29 is 19.8 Å². The second-order valence-corrected chi connectivity index (χ2v) is 16.8. The molecule has 0 aliphatic carbocycles. The minimum absolute atomic E-state index is 0.0389. The molecule has 0 aromatic carbocycles. The van der Waals surface area contributed by atoms with E-state index in [-0.39, 0.29) is 45.1 Å². The van der Waals surface area contributed by atoms with Crippen LogP contribution >= 0.6 is 0 Å². The fraction of sp³-hybridized carbons (Fsp3) is 0.895. The molecule has 0 aromatic heterocycles. The van der Waals surface area contributed by atoms with Gasteiger partial charge in [-0.15, -0.1) is 0 Å². The van der Waals surface area contributed by atoms with Gasteiger partial charge in [-0.3, -0.25) is 0 Å². The van der Waals surface area contributed by atoms with E-state index in [0.717, 1.165) is 25.7 Å². The van der Waals surface area contributed by atoms with Crippen LogP contribution in [-0.2, 0) is 9.59 Å². The van der Waals surface area contributed by atoms with Crippen LogP contribution in [-0.4, -0.2) is 33.1 Å². The van der Waals surface area contributed by atoms with Gasteiger partial charge in [-0.2, -0.15) is 0 Å². The van der Waals surface area contributed by atoms with Gasteiger partial charge < -0.3 is 19.8 Å². The number of carboxylic acid groups (broad SMARTS) is 2. The maximum absolute atomic E-state index is 11.6. The van der Waals surface area contributed by atoms with E-state index in [2.05, 4.69) is 27.7 Å². The molecule has 0 spiro atoms. The molecule has 0 rings (SSSR count). The summed E-state index contributed by atoms with van der Waals surface area (Å²) in [4.78, 5) is 23.2. The molecule has 0 fully saturated rings. The summed E-state index contributed by atoms with van der Waals surface area (Å²) in [6, 6.07) is 0. The number of aliphatic carboxylic acids is 2. The second kappa shape index (κ2) is 37.7. The Labute approximate surface area is 279 Å². The van der Waals surface area contributed by atoms with Crippen molar-refractivity contribution in [1.82, 2.24) is 0 Å². The van der Waals surface area contributed by atoms with Gasteiger partial charge in [0.25, 0.3) is 0 Å². The van der Waals surface area contributed by atoms with Gasteiger partial charge >= 0.3 is 69.5 Å². The molecule has 0 atom stereocenters. The van der Waals surface area contributed by atoms with Gasteiger partial charge in [-0.1, -0.05) is 142 Å².